The van der Waals surface area contributed by atoms with Crippen LogP contribution in [0.2, 0.25) is 0 Å². The number of fused-ring (bicyclic) bond motifs is 1. The number of nitriles is 1. The molecule has 2 aromatic rings. The summed E-state index contributed by atoms with van der Waals surface area (Å²) in [4.78, 5) is 4.64. The monoisotopic (exact) mass is 314 g/mol. The molecule has 0 radical (unpaired) electrons. The van der Waals surface area contributed by atoms with Gasteiger partial charge in [0.05, 0.1) is 12.0 Å². The fraction of sp³-hybridized carbons (Fsp3) is 0.400. The number of imidazole rings is 1. The first kappa shape index (κ1) is 14.7. The summed E-state index contributed by atoms with van der Waals surface area (Å²) < 4.78 is 27.8. The molecule has 0 bridgehead atoms. The zero-order chi connectivity index (χ0) is 14.9. The van der Waals surface area contributed by atoms with Crippen molar-refractivity contribution in [2.24, 2.45) is 11.8 Å². The van der Waals surface area contributed by atoms with E-state index in [2.05, 4.69) is 10.4 Å². The molecule has 0 aliphatic carbocycles. The highest BCUT2D eigenvalue weighted by molar-refractivity contribution is 7.89. The van der Waals surface area contributed by atoms with Gasteiger partial charge < -0.3 is 5.43 Å². The number of sulfonamides is 1. The normalized spacial score (nSPS) is 13.6. The summed E-state index contributed by atoms with van der Waals surface area (Å²) >= 11 is 1.30. The third-order valence-electron chi connectivity index (χ3n) is 2.76. The van der Waals surface area contributed by atoms with E-state index in [0.29, 0.717) is 4.96 Å². The van der Waals surface area contributed by atoms with Gasteiger partial charge in [0.25, 0.3) is 10.0 Å². The number of nitrogens with two attached hydrogens (primary N) is 1. The van der Waals surface area contributed by atoms with E-state index in [1.165, 1.54) is 22.8 Å². The van der Waals surface area contributed by atoms with Gasteiger partial charge in [-0.05, 0) is 6.92 Å². The van der Waals surface area contributed by atoms with Crippen LogP contribution in [0.3, 0.4) is 0 Å². The Hall–Kier alpha value is -1.67. The van der Waals surface area contributed by atoms with Crippen LogP contribution < -0.4 is 11.3 Å². The summed E-state index contributed by atoms with van der Waals surface area (Å²) in [5, 5.41) is 10.5. The summed E-state index contributed by atoms with van der Waals surface area (Å²) in [7, 11) is -2.37. The molecule has 0 aromatic carbocycles. The van der Waals surface area contributed by atoms with Gasteiger partial charge in [0.1, 0.15) is 0 Å². The summed E-state index contributed by atoms with van der Waals surface area (Å²) in [6.45, 7) is 1.75. The second-order valence-electron chi connectivity index (χ2n) is 4.28. The number of rotatable bonds is 5. The molecule has 2 aromatic heterocycles. The zero-order valence-corrected chi connectivity index (χ0v) is 12.6. The van der Waals surface area contributed by atoms with Crippen LogP contribution in [0.5, 0.6) is 0 Å². The minimum atomic E-state index is -3.79. The molecule has 108 valence electrons. The molecule has 0 spiro atoms. The third-order valence-corrected chi connectivity index (χ3v) is 5.37. The number of anilines is 1. The number of thiazole rings is 1. The summed E-state index contributed by atoms with van der Waals surface area (Å²) in [6, 6.07) is 2.01. The molecule has 20 heavy (non-hydrogen) atoms. The lowest BCUT2D eigenvalue weighted by molar-refractivity contribution is 0.437. The standard InChI is InChI=1S/C10H14N6O2S2/c1-7(5-11)6-15(2)20(17,18)9-8(14-12)13-10-16(9)3-4-19-10/h3-4,7,14H,6,12H2,1-2H3. The first-order valence-corrected chi connectivity index (χ1v) is 8.02. The van der Waals surface area contributed by atoms with Crippen molar-refractivity contribution in [3.63, 3.8) is 0 Å². The minimum Gasteiger partial charge on any atom is -0.306 e. The highest BCUT2D eigenvalue weighted by Gasteiger charge is 2.30. The lowest BCUT2D eigenvalue weighted by Crippen LogP contribution is -2.32. The molecule has 8 nitrogen and oxygen atoms in total. The van der Waals surface area contributed by atoms with E-state index in [4.69, 9.17) is 11.1 Å². The fourth-order valence-corrected chi connectivity index (χ4v) is 4.01. The highest BCUT2D eigenvalue weighted by Crippen LogP contribution is 2.27. The summed E-state index contributed by atoms with van der Waals surface area (Å²) in [6.07, 6.45) is 1.61. The molecular weight excluding hydrogens is 300 g/mol. The molecule has 10 heteroatoms. The van der Waals surface area contributed by atoms with E-state index in [1.54, 1.807) is 18.5 Å². The van der Waals surface area contributed by atoms with E-state index >= 15 is 0 Å². The predicted octanol–water partition coefficient (Wildman–Crippen LogP) is 0.462. The number of hydrazine groups is 1. The Bertz CT molecular complexity index is 756. The van der Waals surface area contributed by atoms with Gasteiger partial charge in [0.15, 0.2) is 10.8 Å². The molecule has 0 saturated carbocycles. The zero-order valence-electron chi connectivity index (χ0n) is 10.9. The van der Waals surface area contributed by atoms with Crippen LogP contribution in [-0.2, 0) is 10.0 Å². The Morgan fingerprint density at radius 1 is 1.70 bits per heavy atom. The Balaban J connectivity index is 2.51. The number of aromatic nitrogens is 2. The van der Waals surface area contributed by atoms with Crippen molar-refractivity contribution in [3.8, 4) is 6.07 Å². The fourth-order valence-electron chi connectivity index (χ4n) is 1.78. The molecule has 0 fully saturated rings. The Morgan fingerprint density at radius 3 is 3.00 bits per heavy atom. The second-order valence-corrected chi connectivity index (χ2v) is 7.11. The number of hydrogen-bond donors (Lipinski definition) is 2. The first-order valence-electron chi connectivity index (χ1n) is 5.70. The van der Waals surface area contributed by atoms with Crippen molar-refractivity contribution < 1.29 is 8.42 Å². The Morgan fingerprint density at radius 2 is 2.40 bits per heavy atom. The number of hydrogen-bond acceptors (Lipinski definition) is 7. The summed E-state index contributed by atoms with van der Waals surface area (Å²) in [5.41, 5.74) is 2.30. The van der Waals surface area contributed by atoms with E-state index in [9.17, 15) is 8.42 Å². The van der Waals surface area contributed by atoms with E-state index in [1.807, 2.05) is 6.07 Å². The molecule has 1 atom stereocenters. The van der Waals surface area contributed by atoms with Crippen LogP contribution in [0.1, 0.15) is 6.92 Å². The molecule has 0 saturated heterocycles. The van der Waals surface area contributed by atoms with Crippen molar-refractivity contribution in [3.05, 3.63) is 11.6 Å². The Labute approximate surface area is 120 Å². The van der Waals surface area contributed by atoms with E-state index in [-0.39, 0.29) is 17.4 Å². The smallest absolute Gasteiger partial charge is 0.262 e. The Kier molecular flexibility index (Phi) is 3.96. The van der Waals surface area contributed by atoms with Crippen molar-refractivity contribution >= 4 is 32.1 Å². The molecule has 2 heterocycles. The lowest BCUT2D eigenvalue weighted by atomic mass is 10.2. The van der Waals surface area contributed by atoms with Gasteiger partial charge in [-0.25, -0.2) is 14.3 Å². The minimum absolute atomic E-state index is 0.0242. The quantitative estimate of drug-likeness (QED) is 0.612. The highest BCUT2D eigenvalue weighted by atomic mass is 32.2. The first-order chi connectivity index (χ1) is 9.41. The van der Waals surface area contributed by atoms with Crippen molar-refractivity contribution in [2.45, 2.75) is 11.9 Å². The van der Waals surface area contributed by atoms with Crippen LogP contribution in [0, 0.1) is 17.2 Å². The molecule has 0 aliphatic heterocycles. The SMILES string of the molecule is CC(C#N)CN(C)S(=O)(=O)c1c(NN)nc2sccn12. The van der Waals surface area contributed by atoms with Gasteiger partial charge in [0, 0.05) is 25.2 Å². The van der Waals surface area contributed by atoms with Gasteiger partial charge >= 0.3 is 0 Å². The van der Waals surface area contributed by atoms with E-state index in [0.717, 1.165) is 4.31 Å². The van der Waals surface area contributed by atoms with Crippen molar-refractivity contribution in [1.82, 2.24) is 13.7 Å². The second kappa shape index (κ2) is 5.37. The topological polar surface area (TPSA) is 117 Å². The average molecular weight is 314 g/mol. The largest absolute Gasteiger partial charge is 0.306 e. The predicted molar refractivity (Wildman–Crippen MR) is 75.5 cm³/mol. The van der Waals surface area contributed by atoms with Gasteiger partial charge in [-0.1, -0.05) is 0 Å². The molecular formula is C10H14N6O2S2. The van der Waals surface area contributed by atoms with Crippen LogP contribution >= 0.6 is 11.3 Å². The molecule has 3 N–H and O–H groups in total. The molecule has 2 rings (SSSR count). The number of nitrogens with one attached hydrogen (secondary N) is 1. The van der Waals surface area contributed by atoms with Gasteiger partial charge in [-0.15, -0.1) is 11.3 Å². The molecule has 0 aliphatic rings. The van der Waals surface area contributed by atoms with Crippen LogP contribution in [-0.4, -0.2) is 35.7 Å². The number of nitrogen functional groups attached to an aromatic ring is 1. The van der Waals surface area contributed by atoms with Crippen LogP contribution in [0.25, 0.3) is 4.96 Å². The summed E-state index contributed by atoms with van der Waals surface area (Å²) in [5.74, 6) is 5.02. The van der Waals surface area contributed by atoms with Crippen LogP contribution in [0.15, 0.2) is 16.6 Å². The molecule has 0 amide bonds. The lowest BCUT2D eigenvalue weighted by Gasteiger charge is -2.18. The molecule has 1 unspecified atom stereocenters. The maximum absolute atomic E-state index is 12.6. The van der Waals surface area contributed by atoms with Crippen LogP contribution in [0.4, 0.5) is 5.82 Å². The van der Waals surface area contributed by atoms with Crippen molar-refractivity contribution in [1.29, 1.82) is 5.26 Å². The van der Waals surface area contributed by atoms with Gasteiger partial charge in [0.2, 0.25) is 5.03 Å². The third kappa shape index (κ3) is 2.36. The maximum atomic E-state index is 12.6. The number of nitrogens with zero attached hydrogens (tertiary/aromatic N) is 4. The van der Waals surface area contributed by atoms with Crippen molar-refractivity contribution in [2.75, 3.05) is 19.0 Å². The maximum Gasteiger partial charge on any atom is 0.262 e. The van der Waals surface area contributed by atoms with Gasteiger partial charge in [-0.3, -0.25) is 4.40 Å². The van der Waals surface area contributed by atoms with E-state index < -0.39 is 15.9 Å². The average Bonchev–Trinajstić information content (AvgIpc) is 2.97. The van der Waals surface area contributed by atoms with Gasteiger partial charge in [-0.2, -0.15) is 14.6 Å².